The molecule has 0 aromatic heterocycles. The highest BCUT2D eigenvalue weighted by molar-refractivity contribution is 14.0. The maximum Gasteiger partial charge on any atom is 0.269 e. The van der Waals surface area contributed by atoms with Crippen LogP contribution in [0, 0.1) is 10.1 Å². The molecule has 2 aromatic carbocycles. The van der Waals surface area contributed by atoms with Gasteiger partial charge in [-0.05, 0) is 44.0 Å². The fraction of sp³-hybridized carbons (Fsp3) is 0.381. The number of hydrogen-bond donors (Lipinski definition) is 2. The van der Waals surface area contributed by atoms with Gasteiger partial charge < -0.3 is 20.1 Å². The van der Waals surface area contributed by atoms with E-state index in [1.54, 1.807) is 19.2 Å². The molecule has 1 atom stereocenters. The van der Waals surface area contributed by atoms with Gasteiger partial charge in [-0.2, -0.15) is 0 Å². The molecule has 2 N–H and O–H groups in total. The third-order valence-corrected chi connectivity index (χ3v) is 4.25. The van der Waals surface area contributed by atoms with Crippen LogP contribution >= 0.6 is 24.0 Å². The Labute approximate surface area is 194 Å². The van der Waals surface area contributed by atoms with Crippen molar-refractivity contribution in [2.45, 2.75) is 33.4 Å². The summed E-state index contributed by atoms with van der Waals surface area (Å²) >= 11 is 0. The maximum atomic E-state index is 10.7. The first-order valence-electron chi connectivity index (χ1n) is 9.58. The summed E-state index contributed by atoms with van der Waals surface area (Å²) in [6, 6.07) is 12.3. The van der Waals surface area contributed by atoms with Crippen molar-refractivity contribution in [2.24, 2.45) is 4.99 Å². The van der Waals surface area contributed by atoms with E-state index in [0.717, 1.165) is 16.9 Å². The van der Waals surface area contributed by atoms with Crippen LogP contribution in [-0.2, 0) is 6.54 Å². The number of ether oxygens (including phenoxy) is 2. The number of nitro benzene ring substituents is 1. The van der Waals surface area contributed by atoms with Crippen LogP contribution in [0.5, 0.6) is 11.5 Å². The standard InChI is InChI=1S/C21H28N4O4.HI/c1-5-28-19-12-9-17(13-20(19)29-6-2)15(3)24-21(22-4)23-14-16-7-10-18(11-8-16)25(26)27;/h7-13,15H,5-6,14H2,1-4H3,(H2,22,23,24);1H. The average Bonchev–Trinajstić information content (AvgIpc) is 2.72. The van der Waals surface area contributed by atoms with E-state index in [0.29, 0.717) is 31.5 Å². The molecule has 0 aliphatic rings. The zero-order valence-corrected chi connectivity index (χ0v) is 20.0. The van der Waals surface area contributed by atoms with E-state index >= 15 is 0 Å². The fourth-order valence-electron chi connectivity index (χ4n) is 2.74. The number of nitrogens with one attached hydrogen (secondary N) is 2. The summed E-state index contributed by atoms with van der Waals surface area (Å²) in [6.45, 7) is 7.54. The van der Waals surface area contributed by atoms with Crippen LogP contribution in [0.1, 0.15) is 37.9 Å². The second-order valence-corrected chi connectivity index (χ2v) is 6.29. The van der Waals surface area contributed by atoms with Crippen LogP contribution in [0.25, 0.3) is 0 Å². The van der Waals surface area contributed by atoms with E-state index < -0.39 is 4.92 Å². The highest BCUT2D eigenvalue weighted by atomic mass is 127. The van der Waals surface area contributed by atoms with Gasteiger partial charge in [0, 0.05) is 25.7 Å². The molecule has 0 saturated carbocycles. The summed E-state index contributed by atoms with van der Waals surface area (Å²) in [5.74, 6) is 2.07. The minimum Gasteiger partial charge on any atom is -0.490 e. The maximum absolute atomic E-state index is 10.7. The molecule has 2 rings (SSSR count). The first-order chi connectivity index (χ1) is 14.0. The average molecular weight is 528 g/mol. The lowest BCUT2D eigenvalue weighted by Crippen LogP contribution is -2.38. The normalized spacial score (nSPS) is 11.8. The smallest absolute Gasteiger partial charge is 0.269 e. The van der Waals surface area contributed by atoms with Crippen LogP contribution in [0.15, 0.2) is 47.5 Å². The molecule has 1 unspecified atom stereocenters. The first-order valence-corrected chi connectivity index (χ1v) is 9.58. The molecule has 0 bridgehead atoms. The highest BCUT2D eigenvalue weighted by Crippen LogP contribution is 2.30. The summed E-state index contributed by atoms with van der Waals surface area (Å²) in [4.78, 5) is 14.6. The van der Waals surface area contributed by atoms with Crippen molar-refractivity contribution in [3.8, 4) is 11.5 Å². The van der Waals surface area contributed by atoms with Gasteiger partial charge >= 0.3 is 0 Å². The van der Waals surface area contributed by atoms with Crippen LogP contribution in [-0.4, -0.2) is 31.1 Å². The number of nitro groups is 1. The molecule has 0 heterocycles. The second kappa shape index (κ2) is 12.9. The quantitative estimate of drug-likeness (QED) is 0.164. The summed E-state index contributed by atoms with van der Waals surface area (Å²) < 4.78 is 11.3. The van der Waals surface area contributed by atoms with Crippen LogP contribution in [0.3, 0.4) is 0 Å². The molecule has 164 valence electrons. The predicted molar refractivity (Wildman–Crippen MR) is 129 cm³/mol. The molecule has 8 nitrogen and oxygen atoms in total. The van der Waals surface area contributed by atoms with Gasteiger partial charge in [0.05, 0.1) is 24.2 Å². The molecule has 0 spiro atoms. The largest absolute Gasteiger partial charge is 0.490 e. The third-order valence-electron chi connectivity index (χ3n) is 4.25. The Morgan fingerprint density at radius 2 is 1.73 bits per heavy atom. The number of nitrogens with zero attached hydrogens (tertiary/aromatic N) is 2. The van der Waals surface area contributed by atoms with Gasteiger partial charge in [0.2, 0.25) is 0 Å². The lowest BCUT2D eigenvalue weighted by molar-refractivity contribution is -0.384. The Hall–Kier alpha value is -2.56. The van der Waals surface area contributed by atoms with Crippen molar-refractivity contribution >= 4 is 35.6 Å². The molecular weight excluding hydrogens is 499 g/mol. The molecule has 30 heavy (non-hydrogen) atoms. The van der Waals surface area contributed by atoms with Crippen molar-refractivity contribution in [3.63, 3.8) is 0 Å². The Balaban J connectivity index is 0.00000450. The lowest BCUT2D eigenvalue weighted by atomic mass is 10.1. The molecule has 9 heteroatoms. The van der Waals surface area contributed by atoms with Gasteiger partial charge in [0.1, 0.15) is 0 Å². The Morgan fingerprint density at radius 3 is 2.30 bits per heavy atom. The van der Waals surface area contributed by atoms with Crippen LogP contribution in [0.4, 0.5) is 5.69 Å². The minimum atomic E-state index is -0.410. The number of rotatable bonds is 9. The Bertz CT molecular complexity index is 843. The minimum absolute atomic E-state index is 0. The number of hydrogen-bond acceptors (Lipinski definition) is 5. The van der Waals surface area contributed by atoms with Gasteiger partial charge in [-0.1, -0.05) is 18.2 Å². The topological polar surface area (TPSA) is 98.0 Å². The zero-order chi connectivity index (χ0) is 21.2. The first kappa shape index (κ1) is 25.5. The molecular formula is C21H29IN4O4. The second-order valence-electron chi connectivity index (χ2n) is 6.29. The number of halogens is 1. The van der Waals surface area contributed by atoms with Crippen molar-refractivity contribution < 1.29 is 14.4 Å². The highest BCUT2D eigenvalue weighted by Gasteiger charge is 2.12. The van der Waals surface area contributed by atoms with Crippen molar-refractivity contribution in [2.75, 3.05) is 20.3 Å². The van der Waals surface area contributed by atoms with Crippen molar-refractivity contribution in [1.82, 2.24) is 10.6 Å². The summed E-state index contributed by atoms with van der Waals surface area (Å²) in [5.41, 5.74) is 2.03. The van der Waals surface area contributed by atoms with Crippen molar-refractivity contribution in [3.05, 3.63) is 63.7 Å². The van der Waals surface area contributed by atoms with E-state index in [-0.39, 0.29) is 35.7 Å². The van der Waals surface area contributed by atoms with Gasteiger partial charge in [-0.25, -0.2) is 0 Å². The lowest BCUT2D eigenvalue weighted by Gasteiger charge is -2.20. The number of benzene rings is 2. The van der Waals surface area contributed by atoms with Gasteiger partial charge in [0.15, 0.2) is 17.5 Å². The van der Waals surface area contributed by atoms with E-state index in [9.17, 15) is 10.1 Å². The van der Waals surface area contributed by atoms with E-state index in [1.807, 2.05) is 39.0 Å². The number of non-ortho nitro benzene ring substituents is 1. The zero-order valence-electron chi connectivity index (χ0n) is 17.7. The molecule has 0 aliphatic carbocycles. The Morgan fingerprint density at radius 1 is 1.10 bits per heavy atom. The monoisotopic (exact) mass is 528 g/mol. The number of guanidine groups is 1. The molecule has 0 fully saturated rings. The van der Waals surface area contributed by atoms with Crippen molar-refractivity contribution in [1.29, 1.82) is 0 Å². The SMILES string of the molecule is CCOc1ccc(C(C)NC(=NC)NCc2ccc([N+](=O)[O-])cc2)cc1OCC.I. The van der Waals surface area contributed by atoms with Crippen LogP contribution < -0.4 is 20.1 Å². The van der Waals surface area contributed by atoms with E-state index in [1.165, 1.54) is 12.1 Å². The van der Waals surface area contributed by atoms with E-state index in [4.69, 9.17) is 9.47 Å². The molecule has 0 aliphatic heterocycles. The molecule has 2 aromatic rings. The van der Waals surface area contributed by atoms with Gasteiger partial charge in [-0.3, -0.25) is 15.1 Å². The molecule has 0 saturated heterocycles. The number of aliphatic imine (C=N–C) groups is 1. The van der Waals surface area contributed by atoms with Crippen LogP contribution in [0.2, 0.25) is 0 Å². The molecule has 0 amide bonds. The summed E-state index contributed by atoms with van der Waals surface area (Å²) in [5, 5.41) is 17.3. The van der Waals surface area contributed by atoms with Gasteiger partial charge in [-0.15, -0.1) is 24.0 Å². The van der Waals surface area contributed by atoms with E-state index in [2.05, 4.69) is 15.6 Å². The summed E-state index contributed by atoms with van der Waals surface area (Å²) in [7, 11) is 1.70. The third kappa shape index (κ3) is 7.36. The predicted octanol–water partition coefficient (Wildman–Crippen LogP) is 4.44. The molecule has 0 radical (unpaired) electrons. The Kier molecular flexibility index (Phi) is 10.9. The summed E-state index contributed by atoms with van der Waals surface area (Å²) in [6.07, 6.45) is 0. The fourth-order valence-corrected chi connectivity index (χ4v) is 2.74. The van der Waals surface area contributed by atoms with Gasteiger partial charge in [0.25, 0.3) is 5.69 Å².